The summed E-state index contributed by atoms with van der Waals surface area (Å²) in [4.78, 5) is 10.9. The summed E-state index contributed by atoms with van der Waals surface area (Å²) in [6.07, 6.45) is 2.27. The van der Waals surface area contributed by atoms with Crippen LogP contribution in [0.1, 0.15) is 36.3 Å². The van der Waals surface area contributed by atoms with Crippen molar-refractivity contribution in [3.63, 3.8) is 0 Å². The summed E-state index contributed by atoms with van der Waals surface area (Å²) in [5.41, 5.74) is 1.74. The van der Waals surface area contributed by atoms with E-state index in [1.165, 1.54) is 7.11 Å². The summed E-state index contributed by atoms with van der Waals surface area (Å²) in [6.45, 7) is 1.85. The number of aliphatic carboxylic acids is 1. The maximum atomic E-state index is 10.9. The van der Waals surface area contributed by atoms with Crippen LogP contribution in [-0.4, -0.2) is 23.3 Å². The number of benzene rings is 1. The zero-order valence-corrected chi connectivity index (χ0v) is 10.6. The first kappa shape index (κ1) is 12.7. The normalized spacial score (nSPS) is 16.3. The molecule has 0 spiro atoms. The summed E-state index contributed by atoms with van der Waals surface area (Å²) >= 11 is 0. The number of rotatable bonds is 5. The summed E-state index contributed by atoms with van der Waals surface area (Å²) in [6, 6.07) is 3.56. The molecule has 0 heterocycles. The van der Waals surface area contributed by atoms with E-state index in [1.54, 1.807) is 6.07 Å². The molecule has 1 saturated carbocycles. The molecule has 0 radical (unpaired) electrons. The Balaban J connectivity index is 2.33. The number of carboxylic acid groups (broad SMARTS) is 1. The molecule has 1 aromatic rings. The van der Waals surface area contributed by atoms with E-state index in [1.807, 2.05) is 13.0 Å². The quantitative estimate of drug-likeness (QED) is 0.843. The summed E-state index contributed by atoms with van der Waals surface area (Å²) in [5, 5.41) is 18.9. The van der Waals surface area contributed by atoms with Gasteiger partial charge >= 0.3 is 5.97 Å². The number of hydrogen-bond donors (Lipinski definition) is 2. The molecule has 4 heteroatoms. The van der Waals surface area contributed by atoms with Gasteiger partial charge in [0.1, 0.15) is 0 Å². The number of aromatic hydroxyl groups is 1. The second-order valence-corrected chi connectivity index (χ2v) is 4.93. The van der Waals surface area contributed by atoms with Gasteiger partial charge in [0, 0.05) is 0 Å². The zero-order valence-electron chi connectivity index (χ0n) is 10.6. The maximum absolute atomic E-state index is 10.9. The van der Waals surface area contributed by atoms with E-state index in [-0.39, 0.29) is 18.1 Å². The molecule has 0 saturated heterocycles. The zero-order chi connectivity index (χ0) is 13.3. The Labute approximate surface area is 106 Å². The van der Waals surface area contributed by atoms with Crippen LogP contribution in [0.15, 0.2) is 12.1 Å². The molecule has 2 N–H and O–H groups in total. The summed E-state index contributed by atoms with van der Waals surface area (Å²) in [7, 11) is 1.51. The lowest BCUT2D eigenvalue weighted by atomic mass is 9.89. The second-order valence-electron chi connectivity index (χ2n) is 4.93. The van der Waals surface area contributed by atoms with Gasteiger partial charge in [-0.1, -0.05) is 6.07 Å². The highest BCUT2D eigenvalue weighted by atomic mass is 16.5. The van der Waals surface area contributed by atoms with Crippen molar-refractivity contribution in [2.45, 2.75) is 32.1 Å². The fraction of sp³-hybridized carbons (Fsp3) is 0.500. The van der Waals surface area contributed by atoms with E-state index >= 15 is 0 Å². The van der Waals surface area contributed by atoms with Crippen LogP contribution >= 0.6 is 0 Å². The molecular weight excluding hydrogens is 232 g/mol. The predicted octanol–water partition coefficient (Wildman–Crippen LogP) is 2.68. The second kappa shape index (κ2) is 4.88. The fourth-order valence-electron chi connectivity index (χ4n) is 2.51. The van der Waals surface area contributed by atoms with Gasteiger partial charge < -0.3 is 14.9 Å². The van der Waals surface area contributed by atoms with E-state index in [4.69, 9.17) is 9.84 Å². The van der Waals surface area contributed by atoms with Crippen molar-refractivity contribution in [2.75, 3.05) is 7.11 Å². The Hall–Kier alpha value is -1.71. The minimum Gasteiger partial charge on any atom is -0.504 e. The molecule has 1 aliphatic rings. The van der Waals surface area contributed by atoms with Gasteiger partial charge in [-0.15, -0.1) is 0 Å². The van der Waals surface area contributed by atoms with Crippen molar-refractivity contribution in [1.29, 1.82) is 0 Å². The van der Waals surface area contributed by atoms with Gasteiger partial charge in [0.2, 0.25) is 0 Å². The third-order valence-electron chi connectivity index (χ3n) is 3.50. The van der Waals surface area contributed by atoms with Gasteiger partial charge in [0.25, 0.3) is 0 Å². The number of methoxy groups -OCH3 is 1. The Bertz CT molecular complexity index is 440. The average molecular weight is 250 g/mol. The average Bonchev–Trinajstić information content (AvgIpc) is 3.09. The molecule has 0 amide bonds. The summed E-state index contributed by atoms with van der Waals surface area (Å²) < 4.78 is 5.10. The molecule has 1 atom stereocenters. The molecule has 2 rings (SSSR count). The van der Waals surface area contributed by atoms with Gasteiger partial charge in [-0.2, -0.15) is 0 Å². The van der Waals surface area contributed by atoms with Crippen molar-refractivity contribution in [1.82, 2.24) is 0 Å². The number of hydrogen-bond acceptors (Lipinski definition) is 3. The van der Waals surface area contributed by atoms with E-state index in [0.717, 1.165) is 24.0 Å². The lowest BCUT2D eigenvalue weighted by Crippen LogP contribution is -2.08. The van der Waals surface area contributed by atoms with Crippen LogP contribution in [0.4, 0.5) is 0 Å². The largest absolute Gasteiger partial charge is 0.504 e. The number of aryl methyl sites for hydroxylation is 1. The molecule has 0 bridgehead atoms. The van der Waals surface area contributed by atoms with Gasteiger partial charge in [0.15, 0.2) is 11.5 Å². The molecular formula is C14H18O4. The number of carbonyl (C=O) groups is 1. The maximum Gasteiger partial charge on any atom is 0.303 e. The molecule has 1 unspecified atom stereocenters. The third kappa shape index (κ3) is 2.58. The molecule has 0 aromatic heterocycles. The van der Waals surface area contributed by atoms with Gasteiger partial charge in [-0.3, -0.25) is 4.79 Å². The van der Waals surface area contributed by atoms with Crippen molar-refractivity contribution < 1.29 is 19.7 Å². The van der Waals surface area contributed by atoms with Crippen LogP contribution in [0.3, 0.4) is 0 Å². The van der Waals surface area contributed by atoms with Crippen molar-refractivity contribution in [3.05, 3.63) is 23.3 Å². The SMILES string of the molecule is COc1c(C)cc(C(CC(=O)O)C2CC2)cc1O. The van der Waals surface area contributed by atoms with Crippen molar-refractivity contribution in [3.8, 4) is 11.5 Å². The van der Waals surface area contributed by atoms with E-state index in [9.17, 15) is 9.90 Å². The molecule has 4 nitrogen and oxygen atoms in total. The van der Waals surface area contributed by atoms with Crippen molar-refractivity contribution >= 4 is 5.97 Å². The predicted molar refractivity (Wildman–Crippen MR) is 67.1 cm³/mol. The number of carboxylic acids is 1. The van der Waals surface area contributed by atoms with Crippen LogP contribution < -0.4 is 4.74 Å². The molecule has 1 fully saturated rings. The first-order valence-electron chi connectivity index (χ1n) is 6.12. The molecule has 0 aliphatic heterocycles. The summed E-state index contributed by atoms with van der Waals surface area (Å²) in [5.74, 6) is 0.193. The lowest BCUT2D eigenvalue weighted by molar-refractivity contribution is -0.137. The highest BCUT2D eigenvalue weighted by Gasteiger charge is 2.34. The lowest BCUT2D eigenvalue weighted by Gasteiger charge is -2.17. The molecule has 1 aromatic carbocycles. The van der Waals surface area contributed by atoms with Crippen LogP contribution in [0.25, 0.3) is 0 Å². The number of phenolic OH excluding ortho intramolecular Hbond substituents is 1. The Morgan fingerprint density at radius 3 is 2.61 bits per heavy atom. The van der Waals surface area contributed by atoms with Crippen LogP contribution in [0, 0.1) is 12.8 Å². The Kier molecular flexibility index (Phi) is 3.45. The van der Waals surface area contributed by atoms with Crippen LogP contribution in [0.2, 0.25) is 0 Å². The minimum absolute atomic E-state index is 0.00185. The van der Waals surface area contributed by atoms with E-state index in [0.29, 0.717) is 11.7 Å². The molecule has 98 valence electrons. The Morgan fingerprint density at radius 1 is 1.50 bits per heavy atom. The Morgan fingerprint density at radius 2 is 2.17 bits per heavy atom. The first-order valence-corrected chi connectivity index (χ1v) is 6.12. The minimum atomic E-state index is -0.792. The third-order valence-corrected chi connectivity index (χ3v) is 3.50. The number of phenols is 1. The van der Waals surface area contributed by atoms with Gasteiger partial charge in [-0.05, 0) is 48.8 Å². The molecule has 1 aliphatic carbocycles. The fourth-order valence-corrected chi connectivity index (χ4v) is 2.51. The monoisotopic (exact) mass is 250 g/mol. The van der Waals surface area contributed by atoms with Crippen molar-refractivity contribution in [2.24, 2.45) is 5.92 Å². The van der Waals surface area contributed by atoms with E-state index < -0.39 is 5.97 Å². The van der Waals surface area contributed by atoms with Crippen LogP contribution in [0.5, 0.6) is 11.5 Å². The highest BCUT2D eigenvalue weighted by molar-refractivity contribution is 5.68. The van der Waals surface area contributed by atoms with E-state index in [2.05, 4.69) is 0 Å². The smallest absolute Gasteiger partial charge is 0.303 e. The topological polar surface area (TPSA) is 66.8 Å². The first-order chi connectivity index (χ1) is 8.52. The van der Waals surface area contributed by atoms with Crippen LogP contribution in [-0.2, 0) is 4.79 Å². The highest BCUT2D eigenvalue weighted by Crippen LogP contribution is 2.46. The van der Waals surface area contributed by atoms with Gasteiger partial charge in [-0.25, -0.2) is 0 Å². The van der Waals surface area contributed by atoms with Gasteiger partial charge in [0.05, 0.1) is 13.5 Å². The molecule has 18 heavy (non-hydrogen) atoms. The standard InChI is InChI=1S/C14H18O4/c1-8-5-10(6-12(15)14(8)18-2)11(7-13(16)17)9-3-4-9/h5-6,9,11,15H,3-4,7H2,1-2H3,(H,16,17). The number of ether oxygens (including phenoxy) is 1.